The van der Waals surface area contributed by atoms with Crippen LogP contribution in [0, 0.1) is 5.92 Å². The van der Waals surface area contributed by atoms with Crippen molar-refractivity contribution in [3.8, 4) is 0 Å². The molecule has 1 atom stereocenters. The van der Waals surface area contributed by atoms with E-state index in [4.69, 9.17) is 16.3 Å². The Morgan fingerprint density at radius 1 is 1.42 bits per heavy atom. The van der Waals surface area contributed by atoms with Crippen LogP contribution in [0.4, 0.5) is 0 Å². The first-order chi connectivity index (χ1) is 9.18. The number of benzene rings is 1. The van der Waals surface area contributed by atoms with Crippen LogP contribution in [0.3, 0.4) is 0 Å². The summed E-state index contributed by atoms with van der Waals surface area (Å²) >= 11 is 6.19. The quantitative estimate of drug-likeness (QED) is 0.568. The van der Waals surface area contributed by atoms with Crippen LogP contribution in [0.2, 0.25) is 0 Å². The maximum atomic E-state index is 12.1. The molecule has 1 saturated carbocycles. The lowest BCUT2D eigenvalue weighted by Crippen LogP contribution is -2.32. The van der Waals surface area contributed by atoms with Crippen LogP contribution < -0.4 is 0 Å². The van der Waals surface area contributed by atoms with Gasteiger partial charge < -0.3 is 9.64 Å². The Kier molecular flexibility index (Phi) is 5.23. The molecule has 1 amide bonds. The molecule has 3 nitrogen and oxygen atoms in total. The highest BCUT2D eigenvalue weighted by molar-refractivity contribution is 6.30. The van der Waals surface area contributed by atoms with Crippen molar-refractivity contribution in [2.75, 3.05) is 26.8 Å². The number of amides is 1. The summed E-state index contributed by atoms with van der Waals surface area (Å²) in [6.45, 7) is 1.99. The van der Waals surface area contributed by atoms with Gasteiger partial charge in [0.2, 0.25) is 5.91 Å². The lowest BCUT2D eigenvalue weighted by atomic mass is 10.1. The first-order valence-corrected chi connectivity index (χ1v) is 7.14. The molecule has 2 rings (SSSR count). The van der Waals surface area contributed by atoms with Gasteiger partial charge in [-0.15, -0.1) is 11.6 Å². The second-order valence-corrected chi connectivity index (χ2v) is 5.49. The van der Waals surface area contributed by atoms with Crippen LogP contribution in [0.1, 0.15) is 23.8 Å². The maximum absolute atomic E-state index is 12.1. The summed E-state index contributed by atoms with van der Waals surface area (Å²) < 4.78 is 5.53. The second-order valence-electron chi connectivity index (χ2n) is 5.05. The molecule has 1 aliphatic carbocycles. The molecule has 0 bridgehead atoms. The van der Waals surface area contributed by atoms with Gasteiger partial charge >= 0.3 is 0 Å². The predicted octanol–water partition coefficient (Wildman–Crippen LogP) is 2.85. The fourth-order valence-corrected chi connectivity index (χ4v) is 2.12. The lowest BCUT2D eigenvalue weighted by molar-refractivity contribution is -0.130. The molecule has 0 spiro atoms. The minimum atomic E-state index is -0.616. The van der Waals surface area contributed by atoms with Gasteiger partial charge in [0.25, 0.3) is 0 Å². The molecular weight excluding hydrogens is 262 g/mol. The number of hydrogen-bond acceptors (Lipinski definition) is 2. The molecule has 0 aromatic heterocycles. The fourth-order valence-electron chi connectivity index (χ4n) is 1.80. The van der Waals surface area contributed by atoms with Crippen LogP contribution in [-0.2, 0) is 9.53 Å². The molecule has 1 aromatic rings. The molecule has 1 aromatic carbocycles. The van der Waals surface area contributed by atoms with Gasteiger partial charge in [-0.2, -0.15) is 0 Å². The molecular formula is C15H20ClNO2. The summed E-state index contributed by atoms with van der Waals surface area (Å²) in [5.74, 6) is 0.675. The molecule has 1 fully saturated rings. The van der Waals surface area contributed by atoms with Crippen LogP contribution >= 0.6 is 11.6 Å². The van der Waals surface area contributed by atoms with Gasteiger partial charge in [0, 0.05) is 20.2 Å². The smallest absolute Gasteiger partial charge is 0.244 e. The van der Waals surface area contributed by atoms with Gasteiger partial charge in [-0.3, -0.25) is 4.79 Å². The number of hydrogen-bond donors (Lipinski definition) is 0. The van der Waals surface area contributed by atoms with E-state index in [-0.39, 0.29) is 5.91 Å². The van der Waals surface area contributed by atoms with Crippen LogP contribution in [0.25, 0.3) is 0 Å². The largest absolute Gasteiger partial charge is 0.379 e. The molecule has 104 valence electrons. The van der Waals surface area contributed by atoms with Gasteiger partial charge in [0.1, 0.15) is 5.38 Å². The Hall–Kier alpha value is -1.06. The molecule has 19 heavy (non-hydrogen) atoms. The Balaban J connectivity index is 1.74. The van der Waals surface area contributed by atoms with Gasteiger partial charge in [-0.25, -0.2) is 0 Å². The summed E-state index contributed by atoms with van der Waals surface area (Å²) in [6.07, 6.45) is 2.57. The Bertz CT molecular complexity index is 406. The number of rotatable bonds is 7. The van der Waals surface area contributed by atoms with Crippen LogP contribution in [-0.4, -0.2) is 37.6 Å². The first kappa shape index (κ1) is 14.4. The minimum Gasteiger partial charge on any atom is -0.379 e. The number of nitrogens with zero attached hydrogens (tertiary/aromatic N) is 1. The second kappa shape index (κ2) is 6.92. The molecule has 0 radical (unpaired) electrons. The van der Waals surface area contributed by atoms with Gasteiger partial charge in [0.15, 0.2) is 0 Å². The van der Waals surface area contributed by atoms with E-state index < -0.39 is 5.38 Å². The van der Waals surface area contributed by atoms with Crippen molar-refractivity contribution in [1.82, 2.24) is 4.90 Å². The lowest BCUT2D eigenvalue weighted by Gasteiger charge is -2.20. The highest BCUT2D eigenvalue weighted by Gasteiger charge is 2.22. The van der Waals surface area contributed by atoms with Crippen molar-refractivity contribution in [3.63, 3.8) is 0 Å². The zero-order valence-corrected chi connectivity index (χ0v) is 12.0. The molecule has 1 aliphatic rings. The third-order valence-electron chi connectivity index (χ3n) is 3.31. The van der Waals surface area contributed by atoms with E-state index in [0.717, 1.165) is 18.1 Å². The van der Waals surface area contributed by atoms with Crippen LogP contribution in [0.15, 0.2) is 30.3 Å². The molecule has 0 aliphatic heterocycles. The number of ether oxygens (including phenoxy) is 1. The topological polar surface area (TPSA) is 29.5 Å². The summed E-state index contributed by atoms with van der Waals surface area (Å²) in [5, 5.41) is -0.616. The number of alkyl halides is 1. The van der Waals surface area contributed by atoms with Gasteiger partial charge in [0.05, 0.1) is 6.61 Å². The average molecular weight is 282 g/mol. The number of halogens is 1. The predicted molar refractivity (Wildman–Crippen MR) is 76.2 cm³/mol. The molecule has 0 N–H and O–H groups in total. The first-order valence-electron chi connectivity index (χ1n) is 6.70. The van der Waals surface area contributed by atoms with Crippen molar-refractivity contribution in [2.45, 2.75) is 18.2 Å². The third-order valence-corrected chi connectivity index (χ3v) is 3.75. The standard InChI is InChI=1S/C15H20ClNO2/c1-17(9-10-19-11-12-7-8-12)15(18)14(16)13-5-3-2-4-6-13/h2-6,12,14H,7-11H2,1H3. The van der Waals surface area contributed by atoms with Crippen molar-refractivity contribution in [1.29, 1.82) is 0 Å². The molecule has 0 saturated heterocycles. The Morgan fingerprint density at radius 2 is 2.11 bits per heavy atom. The summed E-state index contributed by atoms with van der Waals surface area (Å²) in [4.78, 5) is 13.8. The number of carbonyl (C=O) groups is 1. The van der Waals surface area contributed by atoms with E-state index >= 15 is 0 Å². The van der Waals surface area contributed by atoms with E-state index in [1.807, 2.05) is 30.3 Å². The summed E-state index contributed by atoms with van der Waals surface area (Å²) in [6, 6.07) is 9.42. The average Bonchev–Trinajstić information content (AvgIpc) is 3.27. The normalized spacial score (nSPS) is 16.1. The Morgan fingerprint density at radius 3 is 2.74 bits per heavy atom. The zero-order valence-electron chi connectivity index (χ0n) is 11.2. The highest BCUT2D eigenvalue weighted by atomic mass is 35.5. The van der Waals surface area contributed by atoms with E-state index in [0.29, 0.717) is 13.2 Å². The third kappa shape index (κ3) is 4.51. The fraction of sp³-hybridized carbons (Fsp3) is 0.533. The minimum absolute atomic E-state index is 0.0807. The number of likely N-dealkylation sites (N-methyl/N-ethyl adjacent to an activating group) is 1. The number of carbonyl (C=O) groups excluding carboxylic acids is 1. The van der Waals surface area contributed by atoms with E-state index in [9.17, 15) is 4.79 Å². The van der Waals surface area contributed by atoms with Gasteiger partial charge in [-0.1, -0.05) is 30.3 Å². The van der Waals surface area contributed by atoms with E-state index in [1.165, 1.54) is 12.8 Å². The van der Waals surface area contributed by atoms with E-state index in [1.54, 1.807) is 11.9 Å². The maximum Gasteiger partial charge on any atom is 0.244 e. The highest BCUT2D eigenvalue weighted by Crippen LogP contribution is 2.28. The van der Waals surface area contributed by atoms with Gasteiger partial charge in [-0.05, 0) is 24.3 Å². The molecule has 1 unspecified atom stereocenters. The van der Waals surface area contributed by atoms with E-state index in [2.05, 4.69) is 0 Å². The molecule has 0 heterocycles. The van der Waals surface area contributed by atoms with Crippen molar-refractivity contribution in [2.24, 2.45) is 5.92 Å². The van der Waals surface area contributed by atoms with Crippen LogP contribution in [0.5, 0.6) is 0 Å². The summed E-state index contributed by atoms with van der Waals surface area (Å²) in [7, 11) is 1.77. The van der Waals surface area contributed by atoms with Crippen molar-refractivity contribution < 1.29 is 9.53 Å². The monoisotopic (exact) mass is 281 g/mol. The summed E-state index contributed by atoms with van der Waals surface area (Å²) in [5.41, 5.74) is 0.833. The Labute approximate surface area is 119 Å². The zero-order chi connectivity index (χ0) is 13.7. The molecule has 4 heteroatoms. The van der Waals surface area contributed by atoms with Crippen molar-refractivity contribution in [3.05, 3.63) is 35.9 Å². The SMILES string of the molecule is CN(CCOCC1CC1)C(=O)C(Cl)c1ccccc1. The van der Waals surface area contributed by atoms with Crippen molar-refractivity contribution >= 4 is 17.5 Å².